The first-order valence-electron chi connectivity index (χ1n) is 10.00. The van der Waals surface area contributed by atoms with Gasteiger partial charge in [-0.25, -0.2) is 8.42 Å². The van der Waals surface area contributed by atoms with Gasteiger partial charge in [0.2, 0.25) is 15.9 Å². The smallest absolute Gasteiger partial charge is 0.236 e. The van der Waals surface area contributed by atoms with E-state index in [1.807, 2.05) is 35.2 Å². The van der Waals surface area contributed by atoms with Crippen LogP contribution in [0.2, 0.25) is 0 Å². The summed E-state index contributed by atoms with van der Waals surface area (Å²) < 4.78 is 26.8. The van der Waals surface area contributed by atoms with Gasteiger partial charge >= 0.3 is 0 Å². The maximum atomic E-state index is 12.6. The van der Waals surface area contributed by atoms with Gasteiger partial charge in [0.05, 0.1) is 12.3 Å². The second-order valence-corrected chi connectivity index (χ2v) is 9.64. The molecule has 2 fully saturated rings. The van der Waals surface area contributed by atoms with E-state index in [1.54, 1.807) is 0 Å². The Kier molecular flexibility index (Phi) is 6.89. The van der Waals surface area contributed by atoms with Crippen LogP contribution in [0.3, 0.4) is 0 Å². The molecular weight excluding hydrogens is 362 g/mol. The van der Waals surface area contributed by atoms with Crippen LogP contribution in [0.5, 0.6) is 0 Å². The van der Waals surface area contributed by atoms with Crippen LogP contribution in [0, 0.1) is 5.92 Å². The zero-order valence-corrected chi connectivity index (χ0v) is 17.0. The van der Waals surface area contributed by atoms with Gasteiger partial charge in [0, 0.05) is 32.7 Å². The Hall–Kier alpha value is -1.44. The number of carbonyl (C=O) groups excluding carboxylic acids is 1. The van der Waals surface area contributed by atoms with Crippen molar-refractivity contribution >= 4 is 15.9 Å². The van der Waals surface area contributed by atoms with Crippen LogP contribution in [0.15, 0.2) is 30.3 Å². The molecule has 1 amide bonds. The lowest BCUT2D eigenvalue weighted by Gasteiger charge is -2.37. The molecule has 0 radical (unpaired) electrons. The summed E-state index contributed by atoms with van der Waals surface area (Å²) in [4.78, 5) is 16.7. The van der Waals surface area contributed by atoms with E-state index in [0.29, 0.717) is 38.6 Å². The molecule has 150 valence electrons. The number of piperidine rings is 1. The van der Waals surface area contributed by atoms with Crippen LogP contribution in [0.25, 0.3) is 0 Å². The van der Waals surface area contributed by atoms with E-state index in [9.17, 15) is 13.2 Å². The molecule has 7 heteroatoms. The molecule has 2 heterocycles. The molecule has 1 aromatic rings. The molecule has 1 aromatic carbocycles. The third kappa shape index (κ3) is 5.53. The second kappa shape index (κ2) is 9.17. The number of nitrogens with zero attached hydrogens (tertiary/aromatic N) is 3. The summed E-state index contributed by atoms with van der Waals surface area (Å²) in [5.41, 5.74) is 0.798. The number of hydrogen-bond donors (Lipinski definition) is 0. The van der Waals surface area contributed by atoms with E-state index >= 15 is 0 Å². The fraction of sp³-hybridized carbons (Fsp3) is 0.650. The first-order chi connectivity index (χ1) is 13.0. The third-order valence-corrected chi connectivity index (χ3v) is 7.57. The van der Waals surface area contributed by atoms with Gasteiger partial charge in [0.15, 0.2) is 0 Å². The fourth-order valence-corrected chi connectivity index (χ4v) is 5.53. The lowest BCUT2D eigenvalue weighted by Crippen LogP contribution is -2.53. The molecule has 2 saturated heterocycles. The van der Waals surface area contributed by atoms with Crippen LogP contribution >= 0.6 is 0 Å². The van der Waals surface area contributed by atoms with E-state index in [0.717, 1.165) is 25.1 Å². The largest absolute Gasteiger partial charge is 0.339 e. The number of piperazine rings is 1. The predicted octanol–water partition coefficient (Wildman–Crippen LogP) is 1.78. The van der Waals surface area contributed by atoms with Gasteiger partial charge < -0.3 is 4.90 Å². The molecule has 1 unspecified atom stereocenters. The molecule has 1 atom stereocenters. The van der Waals surface area contributed by atoms with Gasteiger partial charge in [0.25, 0.3) is 0 Å². The highest BCUT2D eigenvalue weighted by molar-refractivity contribution is 7.88. The monoisotopic (exact) mass is 393 g/mol. The summed E-state index contributed by atoms with van der Waals surface area (Å²) in [6.45, 7) is 6.42. The summed E-state index contributed by atoms with van der Waals surface area (Å²) in [6.07, 6.45) is 3.60. The summed E-state index contributed by atoms with van der Waals surface area (Å²) in [5, 5.41) is 0. The Morgan fingerprint density at radius 2 is 1.78 bits per heavy atom. The van der Waals surface area contributed by atoms with Crippen molar-refractivity contribution in [3.05, 3.63) is 35.9 Å². The zero-order valence-electron chi connectivity index (χ0n) is 16.2. The highest BCUT2D eigenvalue weighted by atomic mass is 32.2. The van der Waals surface area contributed by atoms with Crippen LogP contribution in [0.1, 0.15) is 31.7 Å². The standard InChI is InChI=1S/C20H31N3O3S/c1-2-18-9-6-10-21(15-18)16-20(24)22-11-13-23(14-12-22)27(25,26)17-19-7-4-3-5-8-19/h3-5,7-8,18H,2,6,9-17H2,1H3. The van der Waals surface area contributed by atoms with Gasteiger partial charge in [-0.1, -0.05) is 43.7 Å². The lowest BCUT2D eigenvalue weighted by atomic mass is 9.96. The number of rotatable bonds is 6. The van der Waals surface area contributed by atoms with Gasteiger partial charge in [-0.2, -0.15) is 4.31 Å². The summed E-state index contributed by atoms with van der Waals surface area (Å²) in [6, 6.07) is 9.25. The number of hydrogen-bond acceptors (Lipinski definition) is 4. The minimum absolute atomic E-state index is 0.0218. The molecule has 0 bridgehead atoms. The molecule has 0 aliphatic carbocycles. The van der Waals surface area contributed by atoms with E-state index in [-0.39, 0.29) is 11.7 Å². The second-order valence-electron chi connectivity index (χ2n) is 7.67. The highest BCUT2D eigenvalue weighted by Crippen LogP contribution is 2.19. The minimum Gasteiger partial charge on any atom is -0.339 e. The molecule has 0 spiro atoms. The molecule has 2 aliphatic rings. The predicted molar refractivity (Wildman–Crippen MR) is 107 cm³/mol. The molecule has 0 N–H and O–H groups in total. The van der Waals surface area contributed by atoms with Gasteiger partial charge in [-0.15, -0.1) is 0 Å². The summed E-state index contributed by atoms with van der Waals surface area (Å²) in [7, 11) is -3.34. The lowest BCUT2D eigenvalue weighted by molar-refractivity contribution is -0.134. The maximum absolute atomic E-state index is 12.6. The van der Waals surface area contributed by atoms with E-state index in [4.69, 9.17) is 0 Å². The number of amides is 1. The normalized spacial score (nSPS) is 22.7. The van der Waals surface area contributed by atoms with E-state index in [1.165, 1.54) is 17.1 Å². The van der Waals surface area contributed by atoms with Crippen molar-refractivity contribution in [2.75, 3.05) is 45.8 Å². The SMILES string of the molecule is CCC1CCCN(CC(=O)N2CCN(S(=O)(=O)Cc3ccccc3)CC2)C1. The first-order valence-corrected chi connectivity index (χ1v) is 11.6. The first kappa shape index (κ1) is 20.3. The van der Waals surface area contributed by atoms with Crippen LogP contribution in [-0.4, -0.2) is 74.2 Å². The van der Waals surface area contributed by atoms with Crippen molar-refractivity contribution in [2.45, 2.75) is 31.9 Å². The van der Waals surface area contributed by atoms with Gasteiger partial charge in [0.1, 0.15) is 0 Å². The van der Waals surface area contributed by atoms with Gasteiger partial charge in [-0.05, 0) is 30.9 Å². The Balaban J connectivity index is 1.48. The summed E-state index contributed by atoms with van der Waals surface area (Å²) in [5.74, 6) is 0.854. The molecule has 3 rings (SSSR count). The maximum Gasteiger partial charge on any atom is 0.236 e. The van der Waals surface area contributed by atoms with Crippen LogP contribution in [-0.2, 0) is 20.6 Å². The Labute approximate surface area is 163 Å². The van der Waals surface area contributed by atoms with E-state index < -0.39 is 10.0 Å². The fourth-order valence-electron chi connectivity index (χ4n) is 4.01. The number of likely N-dealkylation sites (tertiary alicyclic amines) is 1. The van der Waals surface area contributed by atoms with E-state index in [2.05, 4.69) is 11.8 Å². The van der Waals surface area contributed by atoms with Crippen molar-refractivity contribution in [3.63, 3.8) is 0 Å². The average molecular weight is 394 g/mol. The van der Waals surface area contributed by atoms with Crippen molar-refractivity contribution in [1.82, 2.24) is 14.1 Å². The Morgan fingerprint density at radius 1 is 1.07 bits per heavy atom. The number of sulfonamides is 1. The Morgan fingerprint density at radius 3 is 2.44 bits per heavy atom. The van der Waals surface area contributed by atoms with Crippen molar-refractivity contribution in [1.29, 1.82) is 0 Å². The summed E-state index contributed by atoms with van der Waals surface area (Å²) >= 11 is 0. The Bertz CT molecular complexity index is 715. The molecule has 27 heavy (non-hydrogen) atoms. The van der Waals surface area contributed by atoms with Crippen molar-refractivity contribution < 1.29 is 13.2 Å². The highest BCUT2D eigenvalue weighted by Gasteiger charge is 2.30. The number of carbonyl (C=O) groups is 1. The van der Waals surface area contributed by atoms with Crippen LogP contribution in [0.4, 0.5) is 0 Å². The number of benzene rings is 1. The third-order valence-electron chi connectivity index (χ3n) is 5.72. The average Bonchev–Trinajstić information content (AvgIpc) is 2.68. The zero-order chi connectivity index (χ0) is 19.3. The van der Waals surface area contributed by atoms with Gasteiger partial charge in [-0.3, -0.25) is 9.69 Å². The molecule has 6 nitrogen and oxygen atoms in total. The van der Waals surface area contributed by atoms with Crippen LogP contribution < -0.4 is 0 Å². The van der Waals surface area contributed by atoms with Crippen molar-refractivity contribution in [3.8, 4) is 0 Å². The topological polar surface area (TPSA) is 60.9 Å². The molecule has 0 saturated carbocycles. The molecule has 0 aromatic heterocycles. The molecular formula is C20H31N3O3S. The van der Waals surface area contributed by atoms with Crippen molar-refractivity contribution in [2.24, 2.45) is 5.92 Å². The minimum atomic E-state index is -3.34. The molecule has 2 aliphatic heterocycles. The quantitative estimate of drug-likeness (QED) is 0.739.